The van der Waals surface area contributed by atoms with Crippen molar-refractivity contribution in [3.05, 3.63) is 0 Å². The summed E-state index contributed by atoms with van der Waals surface area (Å²) in [4.78, 5) is 14.3. The minimum absolute atomic E-state index is 0.0481. The van der Waals surface area contributed by atoms with Crippen LogP contribution >= 0.6 is 0 Å². The van der Waals surface area contributed by atoms with Gasteiger partial charge in [-0.25, -0.2) is 0 Å². The van der Waals surface area contributed by atoms with E-state index in [1.54, 1.807) is 4.90 Å². The lowest BCUT2D eigenvalue weighted by molar-refractivity contribution is -0.149. The van der Waals surface area contributed by atoms with Gasteiger partial charge < -0.3 is 15.4 Å². The molecule has 1 rings (SSSR count). The minimum atomic E-state index is -0.295. The molecule has 1 atom stereocenters. The maximum Gasteiger partial charge on any atom is 0.251 e. The van der Waals surface area contributed by atoms with Crippen molar-refractivity contribution in [1.82, 2.24) is 4.90 Å². The Balaban J connectivity index is 2.52. The van der Waals surface area contributed by atoms with E-state index in [0.717, 1.165) is 19.3 Å². The van der Waals surface area contributed by atoms with Gasteiger partial charge in [-0.3, -0.25) is 4.79 Å². The molecule has 20 heavy (non-hydrogen) atoms. The summed E-state index contributed by atoms with van der Waals surface area (Å²) in [6.45, 7) is 7.44. The summed E-state index contributed by atoms with van der Waals surface area (Å²) in [5.41, 5.74) is 5.70. The number of hydrogen-bond acceptors (Lipinski definition) is 3. The summed E-state index contributed by atoms with van der Waals surface area (Å²) >= 11 is 0. The SMILES string of the molecule is CCC(OC1CCCCC1)C(=O)N(C)CC(C)(C)CN. The van der Waals surface area contributed by atoms with E-state index in [1.807, 2.05) is 14.0 Å². The van der Waals surface area contributed by atoms with E-state index in [1.165, 1.54) is 19.3 Å². The quantitative estimate of drug-likeness (QED) is 0.781. The molecular weight excluding hydrogens is 252 g/mol. The zero-order valence-electron chi connectivity index (χ0n) is 13.7. The normalized spacial score (nSPS) is 18.9. The summed E-state index contributed by atoms with van der Waals surface area (Å²) in [7, 11) is 1.85. The summed E-state index contributed by atoms with van der Waals surface area (Å²) in [5.74, 6) is 0.0969. The van der Waals surface area contributed by atoms with Crippen LogP contribution in [0.1, 0.15) is 59.3 Å². The molecule has 118 valence electrons. The molecule has 0 radical (unpaired) electrons. The highest BCUT2D eigenvalue weighted by atomic mass is 16.5. The molecular formula is C16H32N2O2. The van der Waals surface area contributed by atoms with E-state index in [2.05, 4.69) is 13.8 Å². The first-order chi connectivity index (χ1) is 9.39. The first-order valence-electron chi connectivity index (χ1n) is 8.00. The number of nitrogens with two attached hydrogens (primary N) is 1. The number of ether oxygens (including phenoxy) is 1. The first kappa shape index (κ1) is 17.4. The third-order valence-electron chi connectivity index (χ3n) is 4.15. The lowest BCUT2D eigenvalue weighted by Crippen LogP contribution is -2.45. The molecule has 1 aliphatic carbocycles. The Kier molecular flexibility index (Phi) is 6.96. The van der Waals surface area contributed by atoms with Crippen molar-refractivity contribution in [2.75, 3.05) is 20.1 Å². The Labute approximate surface area is 124 Å². The van der Waals surface area contributed by atoms with E-state index in [4.69, 9.17) is 10.5 Å². The molecule has 0 spiro atoms. The molecule has 0 bridgehead atoms. The van der Waals surface area contributed by atoms with Crippen LogP contribution in [0.15, 0.2) is 0 Å². The molecule has 2 N–H and O–H groups in total. The van der Waals surface area contributed by atoms with Gasteiger partial charge >= 0.3 is 0 Å². The Morgan fingerprint density at radius 3 is 2.45 bits per heavy atom. The van der Waals surface area contributed by atoms with Gasteiger partial charge in [0.2, 0.25) is 0 Å². The first-order valence-corrected chi connectivity index (χ1v) is 8.00. The Morgan fingerprint density at radius 2 is 1.95 bits per heavy atom. The number of carbonyl (C=O) groups is 1. The molecule has 0 aromatic heterocycles. The van der Waals surface area contributed by atoms with Gasteiger partial charge in [-0.2, -0.15) is 0 Å². The molecule has 0 heterocycles. The highest BCUT2D eigenvalue weighted by molar-refractivity contribution is 5.80. The zero-order valence-corrected chi connectivity index (χ0v) is 13.7. The number of carbonyl (C=O) groups excluding carboxylic acids is 1. The van der Waals surface area contributed by atoms with Crippen molar-refractivity contribution in [1.29, 1.82) is 0 Å². The third kappa shape index (κ3) is 5.41. The molecule has 1 fully saturated rings. The second kappa shape index (κ2) is 7.99. The average molecular weight is 284 g/mol. The van der Waals surface area contributed by atoms with Gasteiger partial charge in [0.15, 0.2) is 0 Å². The standard InChI is InChI=1S/C16H32N2O2/c1-5-14(20-13-9-7-6-8-10-13)15(19)18(4)12-16(2,3)11-17/h13-14H,5-12,17H2,1-4H3. The van der Waals surface area contributed by atoms with E-state index in [9.17, 15) is 4.79 Å². The summed E-state index contributed by atoms with van der Waals surface area (Å²) in [6.07, 6.45) is 6.67. The fraction of sp³-hybridized carbons (Fsp3) is 0.938. The van der Waals surface area contributed by atoms with Gasteiger partial charge in [-0.05, 0) is 31.2 Å². The van der Waals surface area contributed by atoms with E-state index in [0.29, 0.717) is 13.1 Å². The molecule has 0 aliphatic heterocycles. The topological polar surface area (TPSA) is 55.6 Å². The van der Waals surface area contributed by atoms with Gasteiger partial charge in [-0.15, -0.1) is 0 Å². The summed E-state index contributed by atoms with van der Waals surface area (Å²) in [6, 6.07) is 0. The third-order valence-corrected chi connectivity index (χ3v) is 4.15. The smallest absolute Gasteiger partial charge is 0.251 e. The predicted octanol–water partition coefficient (Wildman–Crippen LogP) is 2.56. The van der Waals surface area contributed by atoms with Crippen LogP contribution in [0.4, 0.5) is 0 Å². The Morgan fingerprint density at radius 1 is 1.35 bits per heavy atom. The van der Waals surface area contributed by atoms with E-state index in [-0.39, 0.29) is 23.5 Å². The average Bonchev–Trinajstić information content (AvgIpc) is 2.44. The molecule has 0 saturated heterocycles. The van der Waals surface area contributed by atoms with Crippen LogP contribution < -0.4 is 5.73 Å². The molecule has 1 saturated carbocycles. The van der Waals surface area contributed by atoms with Crippen LogP contribution in [-0.4, -0.2) is 43.2 Å². The van der Waals surface area contributed by atoms with Gasteiger partial charge in [0, 0.05) is 13.6 Å². The highest BCUT2D eigenvalue weighted by Gasteiger charge is 2.28. The van der Waals surface area contributed by atoms with Crippen molar-refractivity contribution < 1.29 is 9.53 Å². The largest absolute Gasteiger partial charge is 0.365 e. The molecule has 0 aromatic carbocycles. The summed E-state index contributed by atoms with van der Waals surface area (Å²) < 4.78 is 6.05. The molecule has 1 amide bonds. The van der Waals surface area contributed by atoms with Crippen LogP contribution in [0.3, 0.4) is 0 Å². The number of rotatable bonds is 7. The molecule has 1 aliphatic rings. The van der Waals surface area contributed by atoms with Crippen molar-refractivity contribution in [2.24, 2.45) is 11.1 Å². The Hall–Kier alpha value is -0.610. The van der Waals surface area contributed by atoms with E-state index >= 15 is 0 Å². The van der Waals surface area contributed by atoms with Crippen molar-refractivity contribution in [3.63, 3.8) is 0 Å². The maximum absolute atomic E-state index is 12.5. The minimum Gasteiger partial charge on any atom is -0.365 e. The van der Waals surface area contributed by atoms with Crippen molar-refractivity contribution >= 4 is 5.91 Å². The van der Waals surface area contributed by atoms with Crippen LogP contribution in [0, 0.1) is 5.41 Å². The second-order valence-corrected chi connectivity index (χ2v) is 6.86. The van der Waals surface area contributed by atoms with Crippen molar-refractivity contribution in [3.8, 4) is 0 Å². The second-order valence-electron chi connectivity index (χ2n) is 6.86. The number of nitrogens with zero attached hydrogens (tertiary/aromatic N) is 1. The monoisotopic (exact) mass is 284 g/mol. The predicted molar refractivity (Wildman–Crippen MR) is 82.5 cm³/mol. The lowest BCUT2D eigenvalue weighted by Gasteiger charge is -2.33. The zero-order chi connectivity index (χ0) is 15.2. The van der Waals surface area contributed by atoms with Crippen LogP contribution in [0.5, 0.6) is 0 Å². The van der Waals surface area contributed by atoms with Crippen molar-refractivity contribution in [2.45, 2.75) is 71.5 Å². The number of amides is 1. The van der Waals surface area contributed by atoms with Crippen LogP contribution in [-0.2, 0) is 9.53 Å². The van der Waals surface area contributed by atoms with Gasteiger partial charge in [0.25, 0.3) is 5.91 Å². The summed E-state index contributed by atoms with van der Waals surface area (Å²) in [5, 5.41) is 0. The Bertz CT molecular complexity index is 299. The van der Waals surface area contributed by atoms with Crippen LogP contribution in [0.2, 0.25) is 0 Å². The molecule has 1 unspecified atom stereocenters. The highest BCUT2D eigenvalue weighted by Crippen LogP contribution is 2.23. The maximum atomic E-state index is 12.5. The number of hydrogen-bond donors (Lipinski definition) is 1. The fourth-order valence-corrected chi connectivity index (χ4v) is 2.79. The molecule has 0 aromatic rings. The number of likely N-dealkylation sites (N-methyl/N-ethyl adjacent to an activating group) is 1. The van der Waals surface area contributed by atoms with Crippen LogP contribution in [0.25, 0.3) is 0 Å². The van der Waals surface area contributed by atoms with Gasteiger partial charge in [-0.1, -0.05) is 40.0 Å². The molecule has 4 heteroatoms. The van der Waals surface area contributed by atoms with Gasteiger partial charge in [0.1, 0.15) is 6.10 Å². The fourth-order valence-electron chi connectivity index (χ4n) is 2.79. The lowest BCUT2D eigenvalue weighted by atomic mass is 9.93. The molecule has 4 nitrogen and oxygen atoms in total. The van der Waals surface area contributed by atoms with E-state index < -0.39 is 0 Å². The van der Waals surface area contributed by atoms with Gasteiger partial charge in [0.05, 0.1) is 6.10 Å².